The van der Waals surface area contributed by atoms with Crippen molar-refractivity contribution in [3.05, 3.63) is 89.3 Å². The van der Waals surface area contributed by atoms with Crippen LogP contribution in [0.15, 0.2) is 80.9 Å². The third-order valence-corrected chi connectivity index (χ3v) is 5.03. The third kappa shape index (κ3) is 4.05. The predicted octanol–water partition coefficient (Wildman–Crippen LogP) is 3.29. The van der Waals surface area contributed by atoms with Gasteiger partial charge in [-0.3, -0.25) is 0 Å². The van der Waals surface area contributed by atoms with Gasteiger partial charge in [0, 0.05) is 12.1 Å². The summed E-state index contributed by atoms with van der Waals surface area (Å²) in [5.74, 6) is 5.96. The molecule has 5 aromatic rings. The molecule has 11 heteroatoms. The second-order valence-electron chi connectivity index (χ2n) is 7.20. The van der Waals surface area contributed by atoms with Crippen LogP contribution in [-0.2, 0) is 6.54 Å². The Labute approximate surface area is 191 Å². The zero-order valence-corrected chi connectivity index (χ0v) is 17.5. The summed E-state index contributed by atoms with van der Waals surface area (Å²) in [5, 5.41) is 23.8. The fourth-order valence-electron chi connectivity index (χ4n) is 3.35. The number of rotatable bonds is 7. The summed E-state index contributed by atoms with van der Waals surface area (Å²) in [5.41, 5.74) is 2.87. The molecule has 0 aliphatic rings. The van der Waals surface area contributed by atoms with Crippen LogP contribution in [0.3, 0.4) is 0 Å². The van der Waals surface area contributed by atoms with Gasteiger partial charge in [0.1, 0.15) is 11.5 Å². The Kier molecular flexibility index (Phi) is 5.40. The number of hydrogen-bond donors (Lipinski definition) is 3. The number of nitrogens with two attached hydrogens (primary N) is 1. The lowest BCUT2D eigenvalue weighted by Gasteiger charge is -2.10. The first-order chi connectivity index (χ1) is 16.6. The maximum Gasteiger partial charge on any atom is 0.335 e. The van der Waals surface area contributed by atoms with Gasteiger partial charge in [-0.1, -0.05) is 42.5 Å². The molecule has 0 radical (unpaired) electrons. The first-order valence-electron chi connectivity index (χ1n) is 10.1. The molecule has 0 saturated carbocycles. The first kappa shape index (κ1) is 20.8. The predicted molar refractivity (Wildman–Crippen MR) is 122 cm³/mol. The molecule has 0 atom stereocenters. The van der Waals surface area contributed by atoms with Crippen molar-refractivity contribution in [2.75, 3.05) is 5.32 Å². The van der Waals surface area contributed by atoms with Crippen LogP contribution in [0.2, 0.25) is 0 Å². The zero-order valence-electron chi connectivity index (χ0n) is 17.5. The third-order valence-electron chi connectivity index (χ3n) is 5.03. The number of hydrogen-bond acceptors (Lipinski definition) is 10. The van der Waals surface area contributed by atoms with Gasteiger partial charge in [0.25, 0.3) is 0 Å². The summed E-state index contributed by atoms with van der Waals surface area (Å²) in [7, 11) is 0. The summed E-state index contributed by atoms with van der Waals surface area (Å²) >= 11 is 0. The Morgan fingerprint density at radius 1 is 0.971 bits per heavy atom. The van der Waals surface area contributed by atoms with Crippen LogP contribution in [0.25, 0.3) is 22.6 Å². The van der Waals surface area contributed by atoms with Crippen LogP contribution in [0.4, 0.5) is 5.82 Å². The molecule has 2 aromatic carbocycles. The van der Waals surface area contributed by atoms with Gasteiger partial charge < -0.3 is 20.7 Å². The van der Waals surface area contributed by atoms with Crippen molar-refractivity contribution in [1.82, 2.24) is 20.3 Å². The lowest BCUT2D eigenvalue weighted by Crippen LogP contribution is -2.14. The smallest absolute Gasteiger partial charge is 0.335 e. The number of anilines is 1. The van der Waals surface area contributed by atoms with Crippen LogP contribution >= 0.6 is 0 Å². The van der Waals surface area contributed by atoms with Gasteiger partial charge >= 0.3 is 5.97 Å². The Bertz CT molecular complexity index is 1490. The van der Waals surface area contributed by atoms with Gasteiger partial charge in [0.05, 0.1) is 5.56 Å². The molecule has 0 saturated heterocycles. The van der Waals surface area contributed by atoms with Crippen LogP contribution in [0.1, 0.15) is 27.4 Å². The van der Waals surface area contributed by atoms with Crippen LogP contribution in [0, 0.1) is 0 Å². The Balaban J connectivity index is 1.50. The van der Waals surface area contributed by atoms with Crippen LogP contribution in [-0.4, -0.2) is 37.1 Å². The molecule has 0 aliphatic heterocycles. The normalized spacial score (nSPS) is 11.6. The van der Waals surface area contributed by atoms with E-state index in [4.69, 9.17) is 20.0 Å². The van der Waals surface area contributed by atoms with Crippen LogP contribution < -0.4 is 11.2 Å². The maximum absolute atomic E-state index is 11.1. The molecule has 168 valence electrons. The molecule has 0 amide bonds. The first-order valence-corrected chi connectivity index (χ1v) is 10.1. The highest BCUT2D eigenvalue weighted by Crippen LogP contribution is 2.26. The number of nitrogens with zero attached hydrogens (tertiary/aromatic N) is 5. The van der Waals surface area contributed by atoms with E-state index in [0.717, 1.165) is 5.56 Å². The monoisotopic (exact) mass is 455 g/mol. The summed E-state index contributed by atoms with van der Waals surface area (Å²) in [4.78, 5) is 20.0. The Morgan fingerprint density at radius 3 is 2.41 bits per heavy atom. The highest BCUT2D eigenvalue weighted by molar-refractivity contribution is 6.13. The Hall–Kier alpha value is -5.06. The van der Waals surface area contributed by atoms with Gasteiger partial charge in [0.2, 0.25) is 11.3 Å². The molecule has 5 rings (SSSR count). The molecular weight excluding hydrogens is 438 g/mol. The summed E-state index contributed by atoms with van der Waals surface area (Å²) < 4.78 is 10.7. The molecule has 0 spiro atoms. The number of carbonyl (C=O) groups is 1. The largest absolute Gasteiger partial charge is 0.478 e. The molecule has 0 unspecified atom stereocenters. The molecule has 34 heavy (non-hydrogen) atoms. The van der Waals surface area contributed by atoms with Crippen molar-refractivity contribution < 1.29 is 18.9 Å². The lowest BCUT2D eigenvalue weighted by molar-refractivity contribution is 0.0697. The SMILES string of the molecule is NN=C(c1ccc(-c2ccc(C(=O)O)cc2)o1)c1nc2nonc2nc1NCc1ccccc1. The van der Waals surface area contributed by atoms with Gasteiger partial charge in [0.15, 0.2) is 17.3 Å². The van der Waals surface area contributed by atoms with Gasteiger partial charge in [-0.05, 0) is 40.1 Å². The second-order valence-corrected chi connectivity index (χ2v) is 7.20. The summed E-state index contributed by atoms with van der Waals surface area (Å²) in [6, 6.07) is 19.5. The number of aromatic nitrogens is 4. The lowest BCUT2D eigenvalue weighted by atomic mass is 10.1. The number of carboxylic acid groups (broad SMARTS) is 1. The number of aromatic carboxylic acids is 1. The van der Waals surface area contributed by atoms with Crippen molar-refractivity contribution in [3.8, 4) is 11.3 Å². The summed E-state index contributed by atoms with van der Waals surface area (Å²) in [6.45, 7) is 0.469. The van der Waals surface area contributed by atoms with Gasteiger partial charge in [-0.2, -0.15) is 5.10 Å². The minimum Gasteiger partial charge on any atom is -0.478 e. The van der Waals surface area contributed by atoms with E-state index in [2.05, 4.69) is 30.7 Å². The van der Waals surface area contributed by atoms with Crippen molar-refractivity contribution in [3.63, 3.8) is 0 Å². The molecular formula is C23H17N7O4. The van der Waals surface area contributed by atoms with E-state index in [0.29, 0.717) is 35.1 Å². The van der Waals surface area contributed by atoms with E-state index in [9.17, 15) is 4.79 Å². The van der Waals surface area contributed by atoms with Crippen molar-refractivity contribution in [2.24, 2.45) is 10.9 Å². The number of carboxylic acids is 1. The molecule has 0 fully saturated rings. The van der Waals surface area contributed by atoms with Crippen molar-refractivity contribution >= 4 is 28.8 Å². The fraction of sp³-hybridized carbons (Fsp3) is 0.0435. The minimum absolute atomic E-state index is 0.179. The maximum atomic E-state index is 11.1. The second kappa shape index (κ2) is 8.82. The molecule has 3 aromatic heterocycles. The average molecular weight is 455 g/mol. The Morgan fingerprint density at radius 2 is 1.71 bits per heavy atom. The van der Waals surface area contributed by atoms with Crippen molar-refractivity contribution in [2.45, 2.75) is 6.54 Å². The fourth-order valence-corrected chi connectivity index (χ4v) is 3.35. The number of hydrazone groups is 1. The number of nitrogens with one attached hydrogen (secondary N) is 1. The number of furan rings is 1. The molecule has 4 N–H and O–H groups in total. The van der Waals surface area contributed by atoms with Crippen LogP contribution in [0.5, 0.6) is 0 Å². The van der Waals surface area contributed by atoms with Gasteiger partial charge in [-0.15, -0.1) is 0 Å². The van der Waals surface area contributed by atoms with E-state index in [1.54, 1.807) is 24.3 Å². The topological polar surface area (TPSA) is 166 Å². The number of benzene rings is 2. The molecule has 3 heterocycles. The quantitative estimate of drug-likeness (QED) is 0.188. The van der Waals surface area contributed by atoms with E-state index < -0.39 is 5.97 Å². The summed E-state index contributed by atoms with van der Waals surface area (Å²) in [6.07, 6.45) is 0. The molecule has 0 bridgehead atoms. The highest BCUT2D eigenvalue weighted by Gasteiger charge is 2.22. The van der Waals surface area contributed by atoms with Gasteiger partial charge in [-0.25, -0.2) is 19.4 Å². The minimum atomic E-state index is -1.00. The zero-order chi connectivity index (χ0) is 23.5. The molecule has 0 aliphatic carbocycles. The van der Waals surface area contributed by atoms with E-state index in [1.165, 1.54) is 12.1 Å². The molecule has 11 nitrogen and oxygen atoms in total. The van der Waals surface area contributed by atoms with Crippen molar-refractivity contribution in [1.29, 1.82) is 0 Å². The number of fused-ring (bicyclic) bond motifs is 1. The van der Waals surface area contributed by atoms with E-state index >= 15 is 0 Å². The van der Waals surface area contributed by atoms with E-state index in [-0.39, 0.29) is 22.6 Å². The van der Waals surface area contributed by atoms with E-state index in [1.807, 2.05) is 30.3 Å². The average Bonchev–Trinajstić information content (AvgIpc) is 3.53. The standard InChI is InChI=1S/C23H17N7O4/c24-28-18(17-11-10-16(33-17)14-6-8-15(9-7-14)23(31)32)19-20(25-12-13-4-2-1-3-5-13)27-22-21(26-19)29-34-30-22/h1-11H,12,24H2,(H,31,32)(H,25,27,30). The highest BCUT2D eigenvalue weighted by atomic mass is 16.6.